The number of carbonyl (C=O) groups excluding carboxylic acids is 1. The van der Waals surface area contributed by atoms with Crippen molar-refractivity contribution >= 4 is 5.91 Å². The van der Waals surface area contributed by atoms with Crippen LogP contribution in [-0.4, -0.2) is 50.7 Å². The van der Waals surface area contributed by atoms with Crippen LogP contribution in [0.5, 0.6) is 17.4 Å². The molecule has 1 amide bonds. The van der Waals surface area contributed by atoms with Gasteiger partial charge in [-0.3, -0.25) is 4.79 Å². The molecule has 0 spiro atoms. The number of H-pyrrole nitrogens is 1. The Morgan fingerprint density at radius 2 is 1.84 bits per heavy atom. The summed E-state index contributed by atoms with van der Waals surface area (Å²) < 4.78 is 46.0. The lowest BCUT2D eigenvalue weighted by atomic mass is 9.92. The number of likely N-dealkylation sites (tertiary alicyclic amines) is 1. The highest BCUT2D eigenvalue weighted by Gasteiger charge is 2.32. The molecule has 1 fully saturated rings. The molecule has 8 nitrogen and oxygen atoms in total. The van der Waals surface area contributed by atoms with Crippen LogP contribution in [0.1, 0.15) is 30.0 Å². The van der Waals surface area contributed by atoms with E-state index in [0.717, 1.165) is 17.7 Å². The number of hydrogen-bond donors (Lipinski definition) is 1. The molecule has 3 aromatic rings. The average Bonchev–Trinajstić information content (AvgIpc) is 3.22. The first kappa shape index (κ1) is 21.6. The van der Waals surface area contributed by atoms with E-state index in [-0.39, 0.29) is 17.6 Å². The van der Waals surface area contributed by atoms with Gasteiger partial charge in [0.1, 0.15) is 11.5 Å². The van der Waals surface area contributed by atoms with Gasteiger partial charge in [0.25, 0.3) is 0 Å². The number of nitrogens with zero attached hydrogens (tertiary/aromatic N) is 4. The van der Waals surface area contributed by atoms with Gasteiger partial charge in [-0.25, -0.2) is 4.98 Å². The second-order valence-corrected chi connectivity index (χ2v) is 7.36. The molecule has 1 N–H and O–H groups in total. The summed E-state index contributed by atoms with van der Waals surface area (Å²) in [5, 5.41) is 10.3. The van der Waals surface area contributed by atoms with Gasteiger partial charge in [0.15, 0.2) is 0 Å². The Morgan fingerprint density at radius 1 is 1.09 bits per heavy atom. The fourth-order valence-electron chi connectivity index (χ4n) is 3.34. The van der Waals surface area contributed by atoms with Crippen LogP contribution < -0.4 is 9.47 Å². The van der Waals surface area contributed by atoms with Crippen LogP contribution in [0.3, 0.4) is 0 Å². The summed E-state index contributed by atoms with van der Waals surface area (Å²) in [6, 6.07) is 8.65. The number of alkyl halides is 3. The molecule has 1 aliphatic rings. The minimum absolute atomic E-state index is 0.121. The number of hydrogen-bond acceptors (Lipinski definition) is 6. The van der Waals surface area contributed by atoms with Crippen LogP contribution in [0.15, 0.2) is 48.8 Å². The average molecular weight is 447 g/mol. The zero-order valence-corrected chi connectivity index (χ0v) is 16.9. The monoisotopic (exact) mass is 447 g/mol. The van der Waals surface area contributed by atoms with Crippen LogP contribution in [0, 0.1) is 0 Å². The van der Waals surface area contributed by atoms with E-state index in [1.165, 1.54) is 24.3 Å². The van der Waals surface area contributed by atoms with Gasteiger partial charge in [0, 0.05) is 37.7 Å². The Kier molecular flexibility index (Phi) is 6.24. The Labute approximate surface area is 181 Å². The topological polar surface area (TPSA) is 93.2 Å². The van der Waals surface area contributed by atoms with Gasteiger partial charge in [0.2, 0.25) is 11.8 Å². The molecule has 0 saturated carbocycles. The molecule has 1 saturated heterocycles. The fourth-order valence-corrected chi connectivity index (χ4v) is 3.34. The van der Waals surface area contributed by atoms with Crippen molar-refractivity contribution in [1.29, 1.82) is 0 Å². The van der Waals surface area contributed by atoms with E-state index in [1.807, 2.05) is 11.0 Å². The predicted octanol–water partition coefficient (Wildman–Crippen LogP) is 3.84. The van der Waals surface area contributed by atoms with Crippen molar-refractivity contribution in [2.24, 2.45) is 0 Å². The van der Waals surface area contributed by atoms with Gasteiger partial charge >= 0.3 is 6.36 Å². The number of aromatic amines is 1. The second kappa shape index (κ2) is 9.25. The number of amides is 1. The number of carbonyl (C=O) groups is 1. The summed E-state index contributed by atoms with van der Waals surface area (Å²) in [7, 11) is 0. The third kappa shape index (κ3) is 5.74. The molecule has 0 aliphatic carbocycles. The molecule has 11 heteroatoms. The Hall–Kier alpha value is -3.63. The van der Waals surface area contributed by atoms with E-state index in [1.54, 1.807) is 18.5 Å². The largest absolute Gasteiger partial charge is 0.573 e. The van der Waals surface area contributed by atoms with E-state index in [0.29, 0.717) is 37.6 Å². The molecule has 32 heavy (non-hydrogen) atoms. The summed E-state index contributed by atoms with van der Waals surface area (Å²) >= 11 is 0. The second-order valence-electron chi connectivity index (χ2n) is 7.36. The summed E-state index contributed by atoms with van der Waals surface area (Å²) in [5.74, 6) is 0.671. The first-order valence-electron chi connectivity index (χ1n) is 9.98. The number of benzene rings is 1. The minimum Gasteiger partial charge on any atom is -0.439 e. The molecule has 0 bridgehead atoms. The maximum atomic E-state index is 12.3. The zero-order chi connectivity index (χ0) is 22.6. The normalized spacial score (nSPS) is 14.2. The number of halogens is 3. The van der Waals surface area contributed by atoms with Gasteiger partial charge in [-0.05, 0) is 42.7 Å². The molecular formula is C21H20F3N5O3. The summed E-state index contributed by atoms with van der Waals surface area (Å²) in [6.07, 6.45) is 0.512. The highest BCUT2D eigenvalue weighted by atomic mass is 19.4. The molecule has 0 atom stereocenters. The Morgan fingerprint density at radius 3 is 2.47 bits per heavy atom. The third-order valence-corrected chi connectivity index (χ3v) is 5.03. The maximum Gasteiger partial charge on any atom is 0.573 e. The summed E-state index contributed by atoms with van der Waals surface area (Å²) in [5.41, 5.74) is 1.84. The lowest BCUT2D eigenvalue weighted by Crippen LogP contribution is -2.48. The van der Waals surface area contributed by atoms with Crippen LogP contribution in [0.25, 0.3) is 0 Å². The quantitative estimate of drug-likeness (QED) is 0.564. The van der Waals surface area contributed by atoms with E-state index in [9.17, 15) is 18.0 Å². The van der Waals surface area contributed by atoms with Gasteiger partial charge in [-0.2, -0.15) is 15.4 Å². The summed E-state index contributed by atoms with van der Waals surface area (Å²) in [6.45, 7) is 1.29. The number of aryl methyl sites for hydroxylation is 1. The number of aromatic nitrogens is 4. The first-order chi connectivity index (χ1) is 15.4. The van der Waals surface area contributed by atoms with Gasteiger partial charge in [0.05, 0.1) is 11.9 Å². The Balaban J connectivity index is 1.22. The molecule has 168 valence electrons. The smallest absolute Gasteiger partial charge is 0.439 e. The zero-order valence-electron chi connectivity index (χ0n) is 16.9. The fraction of sp³-hybridized carbons (Fsp3) is 0.333. The van der Waals surface area contributed by atoms with Crippen LogP contribution >= 0.6 is 0 Å². The number of nitrogens with one attached hydrogen (secondary N) is 1. The van der Waals surface area contributed by atoms with Crippen molar-refractivity contribution in [3.05, 3.63) is 60.0 Å². The van der Waals surface area contributed by atoms with Crippen molar-refractivity contribution in [1.82, 2.24) is 25.3 Å². The van der Waals surface area contributed by atoms with E-state index < -0.39 is 6.36 Å². The van der Waals surface area contributed by atoms with Crippen molar-refractivity contribution in [3.63, 3.8) is 0 Å². The summed E-state index contributed by atoms with van der Waals surface area (Å²) in [4.78, 5) is 18.3. The Bertz CT molecular complexity index is 1020. The number of ether oxygens (including phenoxy) is 2. The lowest BCUT2D eigenvalue weighted by molar-refractivity contribution is -0.274. The molecule has 0 unspecified atom stereocenters. The standard InChI is InChI=1S/C21H20F3N5O3/c22-21(23,24)32-18-7-5-17(6-8-18)31-19-9-4-14(10-25-19)15-12-29(13-15)20(30)3-1-2-16-11-26-28-27-16/h4-11,15H,1-3,12-13H2,(H,26,27,28). The maximum absolute atomic E-state index is 12.3. The number of pyridine rings is 1. The lowest BCUT2D eigenvalue weighted by Gasteiger charge is -2.39. The van der Waals surface area contributed by atoms with Crippen molar-refractivity contribution < 1.29 is 27.4 Å². The molecule has 4 rings (SSSR count). The van der Waals surface area contributed by atoms with Gasteiger partial charge in [-0.1, -0.05) is 6.07 Å². The predicted molar refractivity (Wildman–Crippen MR) is 106 cm³/mol. The van der Waals surface area contributed by atoms with E-state index >= 15 is 0 Å². The first-order valence-corrected chi connectivity index (χ1v) is 9.98. The third-order valence-electron chi connectivity index (χ3n) is 5.03. The van der Waals surface area contributed by atoms with Gasteiger partial charge in [-0.15, -0.1) is 13.2 Å². The minimum atomic E-state index is -4.74. The molecule has 1 aromatic carbocycles. The SMILES string of the molecule is O=C(CCCc1cn[nH]n1)N1CC(c2ccc(Oc3ccc(OC(F)(F)F)cc3)nc2)C1. The van der Waals surface area contributed by atoms with E-state index in [2.05, 4.69) is 25.1 Å². The molecule has 0 radical (unpaired) electrons. The van der Waals surface area contributed by atoms with Crippen molar-refractivity contribution in [2.75, 3.05) is 13.1 Å². The van der Waals surface area contributed by atoms with Crippen LogP contribution in [0.2, 0.25) is 0 Å². The molecule has 3 heterocycles. The molecule has 2 aromatic heterocycles. The molecule has 1 aliphatic heterocycles. The molecular weight excluding hydrogens is 427 g/mol. The van der Waals surface area contributed by atoms with Crippen LogP contribution in [-0.2, 0) is 11.2 Å². The van der Waals surface area contributed by atoms with Crippen molar-refractivity contribution in [2.45, 2.75) is 31.5 Å². The highest BCUT2D eigenvalue weighted by molar-refractivity contribution is 5.77. The highest BCUT2D eigenvalue weighted by Crippen LogP contribution is 2.30. The number of rotatable bonds is 8. The van der Waals surface area contributed by atoms with Crippen LogP contribution in [0.4, 0.5) is 13.2 Å². The van der Waals surface area contributed by atoms with E-state index in [4.69, 9.17) is 4.74 Å². The van der Waals surface area contributed by atoms with Crippen molar-refractivity contribution in [3.8, 4) is 17.4 Å². The van der Waals surface area contributed by atoms with Gasteiger partial charge < -0.3 is 14.4 Å².